The summed E-state index contributed by atoms with van der Waals surface area (Å²) < 4.78 is 2.49. The van der Waals surface area contributed by atoms with Gasteiger partial charge in [-0.1, -0.05) is 62.2 Å². The van der Waals surface area contributed by atoms with Gasteiger partial charge in [-0.15, -0.1) is 11.3 Å². The van der Waals surface area contributed by atoms with Crippen LogP contribution >= 0.6 is 23.1 Å². The Hall–Kier alpha value is -0.840. The van der Waals surface area contributed by atoms with E-state index >= 15 is 0 Å². The van der Waals surface area contributed by atoms with E-state index in [0.717, 1.165) is 41.9 Å². The highest BCUT2D eigenvalue weighted by atomic mass is 32.2. The number of thiazole rings is 1. The number of hydrogen-bond donors (Lipinski definition) is 1. The quantitative estimate of drug-likeness (QED) is 0.321. The van der Waals surface area contributed by atoms with Crippen molar-refractivity contribution >= 4 is 33.3 Å². The largest absolute Gasteiger partial charge is 0.390 e. The van der Waals surface area contributed by atoms with Crippen LogP contribution in [-0.2, 0) is 0 Å². The number of fused-ring (bicyclic) bond motifs is 2. The minimum atomic E-state index is -0.524. The standard InChI is InChI=1S/C27H39NOS2/c1-19(9-7-16-26(2,3)29)21-13-14-22-20(10-8-17-27(21,22)4)15-18-30-25-28-23-11-5-6-12-24(23)31-25/h5-6,11-12,15,19,21-22,29H,7-10,13-14,16-18H2,1-4H3/b20-15+/t19-,21-,22+,27-/m1/s1. The molecular weight excluding hydrogens is 418 g/mol. The molecule has 1 heterocycles. The molecule has 0 aliphatic heterocycles. The summed E-state index contributed by atoms with van der Waals surface area (Å²) in [5.41, 5.74) is 2.81. The maximum Gasteiger partial charge on any atom is 0.151 e. The lowest BCUT2D eigenvalue weighted by atomic mass is 9.61. The van der Waals surface area contributed by atoms with Gasteiger partial charge in [-0.05, 0) is 87.7 Å². The number of benzene rings is 1. The molecule has 0 saturated heterocycles. The topological polar surface area (TPSA) is 33.1 Å². The number of aromatic nitrogens is 1. The first-order chi connectivity index (χ1) is 14.8. The third-order valence-corrected chi connectivity index (χ3v) is 10.1. The molecule has 2 aromatic rings. The fourth-order valence-electron chi connectivity index (χ4n) is 6.45. The summed E-state index contributed by atoms with van der Waals surface area (Å²) in [6.45, 7) is 8.95. The van der Waals surface area contributed by atoms with Crippen molar-refractivity contribution in [3.63, 3.8) is 0 Å². The van der Waals surface area contributed by atoms with Gasteiger partial charge in [0.15, 0.2) is 4.34 Å². The second-order valence-electron chi connectivity index (χ2n) is 10.8. The van der Waals surface area contributed by atoms with Gasteiger partial charge in [0.05, 0.1) is 15.8 Å². The molecule has 4 rings (SSSR count). The van der Waals surface area contributed by atoms with Crippen molar-refractivity contribution in [2.45, 2.75) is 89.0 Å². The van der Waals surface area contributed by atoms with Gasteiger partial charge in [-0.3, -0.25) is 0 Å². The first kappa shape index (κ1) is 23.3. The van der Waals surface area contributed by atoms with Gasteiger partial charge in [0.1, 0.15) is 0 Å². The Bertz CT molecular complexity index is 878. The van der Waals surface area contributed by atoms with Crippen LogP contribution in [0.15, 0.2) is 40.3 Å². The molecule has 2 aliphatic rings. The highest BCUT2D eigenvalue weighted by Crippen LogP contribution is 2.60. The highest BCUT2D eigenvalue weighted by molar-refractivity contribution is 8.01. The van der Waals surface area contributed by atoms with Crippen LogP contribution in [0.3, 0.4) is 0 Å². The van der Waals surface area contributed by atoms with E-state index in [4.69, 9.17) is 4.98 Å². The molecular formula is C27H39NOS2. The lowest BCUT2D eigenvalue weighted by Crippen LogP contribution is -2.36. The van der Waals surface area contributed by atoms with E-state index in [2.05, 4.69) is 44.2 Å². The predicted octanol–water partition coefficient (Wildman–Crippen LogP) is 8.11. The molecule has 0 radical (unpaired) electrons. The predicted molar refractivity (Wildman–Crippen MR) is 136 cm³/mol. The van der Waals surface area contributed by atoms with E-state index < -0.39 is 5.60 Å². The Balaban J connectivity index is 1.37. The third kappa shape index (κ3) is 5.39. The zero-order valence-electron chi connectivity index (χ0n) is 19.7. The van der Waals surface area contributed by atoms with Crippen LogP contribution in [0.4, 0.5) is 0 Å². The summed E-state index contributed by atoms with van der Waals surface area (Å²) in [5.74, 6) is 3.42. The molecule has 0 bridgehead atoms. The van der Waals surface area contributed by atoms with Gasteiger partial charge in [0.25, 0.3) is 0 Å². The second-order valence-corrected chi connectivity index (χ2v) is 13.1. The number of allylic oxidation sites excluding steroid dienone is 1. The molecule has 31 heavy (non-hydrogen) atoms. The maximum atomic E-state index is 10.1. The van der Waals surface area contributed by atoms with Gasteiger partial charge >= 0.3 is 0 Å². The minimum absolute atomic E-state index is 0.471. The Morgan fingerprint density at radius 3 is 2.90 bits per heavy atom. The molecule has 1 aromatic heterocycles. The molecule has 0 amide bonds. The van der Waals surface area contributed by atoms with E-state index in [1.807, 2.05) is 36.9 Å². The normalized spacial score (nSPS) is 28.9. The Morgan fingerprint density at radius 1 is 1.32 bits per heavy atom. The van der Waals surface area contributed by atoms with E-state index in [1.54, 1.807) is 5.57 Å². The van der Waals surface area contributed by atoms with Gasteiger partial charge in [0.2, 0.25) is 0 Å². The average molecular weight is 458 g/mol. The number of thioether (sulfide) groups is 1. The summed E-state index contributed by atoms with van der Waals surface area (Å²) in [6, 6.07) is 8.46. The molecule has 4 atom stereocenters. The van der Waals surface area contributed by atoms with Crippen molar-refractivity contribution in [2.75, 3.05) is 5.75 Å². The van der Waals surface area contributed by atoms with Gasteiger partial charge < -0.3 is 5.11 Å². The first-order valence-electron chi connectivity index (χ1n) is 12.2. The average Bonchev–Trinajstić information content (AvgIpc) is 3.27. The SMILES string of the molecule is C[C@H](CCCC(C)(C)O)[C@H]1CC[C@H]2/C(=C/CSc3nc4ccccc4s3)CCC[C@]12C. The fourth-order valence-corrected chi connectivity index (χ4v) is 8.46. The second kappa shape index (κ2) is 9.57. The van der Waals surface area contributed by atoms with E-state index in [9.17, 15) is 5.11 Å². The van der Waals surface area contributed by atoms with Crippen LogP contribution in [0, 0.1) is 23.2 Å². The fraction of sp³-hybridized carbons (Fsp3) is 0.667. The molecule has 170 valence electrons. The Morgan fingerprint density at radius 2 is 2.13 bits per heavy atom. The zero-order chi connectivity index (χ0) is 22.1. The van der Waals surface area contributed by atoms with Crippen molar-refractivity contribution in [3.05, 3.63) is 35.9 Å². The summed E-state index contributed by atoms with van der Waals surface area (Å²) >= 11 is 3.72. The summed E-state index contributed by atoms with van der Waals surface area (Å²) in [7, 11) is 0. The lowest BCUT2D eigenvalue weighted by molar-refractivity contribution is 0.0596. The molecule has 2 fully saturated rings. The monoisotopic (exact) mass is 457 g/mol. The number of aliphatic hydroxyl groups is 1. The van der Waals surface area contributed by atoms with E-state index in [-0.39, 0.29) is 0 Å². The molecule has 0 spiro atoms. The van der Waals surface area contributed by atoms with Gasteiger partial charge in [0, 0.05) is 5.75 Å². The van der Waals surface area contributed by atoms with Crippen LogP contribution in [-0.4, -0.2) is 21.4 Å². The molecule has 4 heteroatoms. The molecule has 2 nitrogen and oxygen atoms in total. The zero-order valence-corrected chi connectivity index (χ0v) is 21.3. The van der Waals surface area contributed by atoms with E-state index in [1.165, 1.54) is 47.6 Å². The Labute approximate surface area is 196 Å². The number of rotatable bonds is 8. The molecule has 1 aromatic carbocycles. The Kier molecular flexibility index (Phi) is 7.20. The van der Waals surface area contributed by atoms with Crippen molar-refractivity contribution in [1.29, 1.82) is 0 Å². The van der Waals surface area contributed by atoms with Crippen LogP contribution < -0.4 is 0 Å². The van der Waals surface area contributed by atoms with Crippen LogP contribution in [0.2, 0.25) is 0 Å². The number of para-hydroxylation sites is 1. The smallest absolute Gasteiger partial charge is 0.151 e. The van der Waals surface area contributed by atoms with Crippen molar-refractivity contribution < 1.29 is 5.11 Å². The number of hydrogen-bond acceptors (Lipinski definition) is 4. The summed E-state index contributed by atoms with van der Waals surface area (Å²) in [6.07, 6.45) is 12.6. The van der Waals surface area contributed by atoms with Gasteiger partial charge in [-0.2, -0.15) is 0 Å². The van der Waals surface area contributed by atoms with Crippen LogP contribution in [0.5, 0.6) is 0 Å². The first-order valence-corrected chi connectivity index (χ1v) is 14.0. The molecule has 1 N–H and O–H groups in total. The van der Waals surface area contributed by atoms with Crippen molar-refractivity contribution in [1.82, 2.24) is 4.98 Å². The van der Waals surface area contributed by atoms with E-state index in [0.29, 0.717) is 5.41 Å². The van der Waals surface area contributed by atoms with Crippen molar-refractivity contribution in [3.8, 4) is 0 Å². The number of nitrogens with zero attached hydrogens (tertiary/aromatic N) is 1. The van der Waals surface area contributed by atoms with Crippen LogP contribution in [0.25, 0.3) is 10.2 Å². The highest BCUT2D eigenvalue weighted by Gasteiger charge is 2.50. The third-order valence-electron chi connectivity index (χ3n) is 8.00. The molecule has 2 saturated carbocycles. The summed E-state index contributed by atoms with van der Waals surface area (Å²) in [4.78, 5) is 4.79. The van der Waals surface area contributed by atoms with Gasteiger partial charge in [-0.25, -0.2) is 4.98 Å². The van der Waals surface area contributed by atoms with Crippen LogP contribution in [0.1, 0.15) is 79.1 Å². The van der Waals surface area contributed by atoms with Crippen molar-refractivity contribution in [2.24, 2.45) is 23.2 Å². The molecule has 2 aliphatic carbocycles. The lowest BCUT2D eigenvalue weighted by Gasteiger charge is -2.44. The maximum absolute atomic E-state index is 10.1. The summed E-state index contributed by atoms with van der Waals surface area (Å²) in [5, 5.41) is 10.1. The molecule has 0 unspecified atom stereocenters. The minimum Gasteiger partial charge on any atom is -0.390 e.